The molecular weight excluding hydrogens is 322 g/mol. The largest absolute Gasteiger partial charge is 0.396 e. The van der Waals surface area contributed by atoms with Crippen molar-refractivity contribution in [1.29, 1.82) is 5.26 Å². The SMILES string of the molecule is CCC(C)(C)C1CCc2nc3sc(C#N)c(N)c3c(SC)c2C1. The summed E-state index contributed by atoms with van der Waals surface area (Å²) in [6.45, 7) is 7.03. The molecule has 122 valence electrons. The van der Waals surface area contributed by atoms with Crippen LogP contribution in [0.3, 0.4) is 0 Å². The standard InChI is InChI=1S/C18H23N3S2/c1-5-18(2,3)10-6-7-12-11(8-10)16(22-4)14-15(20)13(9-19)23-17(14)21-12/h10H,5-8,20H2,1-4H3. The lowest BCUT2D eigenvalue weighted by atomic mass is 9.69. The normalized spacial score (nSPS) is 18.0. The van der Waals surface area contributed by atoms with E-state index in [-0.39, 0.29) is 0 Å². The Bertz CT molecular complexity index is 799. The van der Waals surface area contributed by atoms with E-state index in [4.69, 9.17) is 10.7 Å². The number of pyridine rings is 1. The third kappa shape index (κ3) is 2.62. The van der Waals surface area contributed by atoms with E-state index in [1.807, 2.05) is 0 Å². The summed E-state index contributed by atoms with van der Waals surface area (Å²) >= 11 is 3.17. The predicted octanol–water partition coefficient (Wildman–Crippen LogP) is 5.01. The fraction of sp³-hybridized carbons (Fsp3) is 0.556. The maximum atomic E-state index is 9.27. The van der Waals surface area contributed by atoms with E-state index in [1.165, 1.54) is 40.3 Å². The molecule has 0 aromatic carbocycles. The molecule has 23 heavy (non-hydrogen) atoms. The number of nitrogen functional groups attached to an aromatic ring is 1. The molecule has 5 heteroatoms. The van der Waals surface area contributed by atoms with Crippen molar-refractivity contribution >= 4 is 39.0 Å². The van der Waals surface area contributed by atoms with Gasteiger partial charge >= 0.3 is 0 Å². The first kappa shape index (κ1) is 16.6. The van der Waals surface area contributed by atoms with Crippen LogP contribution in [0.5, 0.6) is 0 Å². The van der Waals surface area contributed by atoms with E-state index in [9.17, 15) is 5.26 Å². The Morgan fingerprint density at radius 3 is 2.83 bits per heavy atom. The van der Waals surface area contributed by atoms with E-state index in [0.717, 1.165) is 23.1 Å². The number of rotatable bonds is 3. The molecule has 0 spiro atoms. The van der Waals surface area contributed by atoms with Crippen molar-refractivity contribution in [3.63, 3.8) is 0 Å². The third-order valence-corrected chi connectivity index (χ3v) is 7.38. The Balaban J connectivity index is 2.18. The summed E-state index contributed by atoms with van der Waals surface area (Å²) in [5.74, 6) is 0.681. The molecule has 1 aliphatic rings. The van der Waals surface area contributed by atoms with Crippen LogP contribution >= 0.6 is 23.1 Å². The number of hydrogen-bond acceptors (Lipinski definition) is 5. The minimum atomic E-state index is 0.348. The molecule has 0 radical (unpaired) electrons. The monoisotopic (exact) mass is 345 g/mol. The summed E-state index contributed by atoms with van der Waals surface area (Å²) in [6.07, 6.45) is 6.61. The number of aryl methyl sites for hydroxylation is 1. The van der Waals surface area contributed by atoms with Crippen molar-refractivity contribution in [3.8, 4) is 6.07 Å². The highest BCUT2D eigenvalue weighted by Crippen LogP contribution is 2.46. The Labute approximate surface area is 146 Å². The van der Waals surface area contributed by atoms with Crippen LogP contribution in [0, 0.1) is 22.7 Å². The van der Waals surface area contributed by atoms with E-state index < -0.39 is 0 Å². The zero-order valence-electron chi connectivity index (χ0n) is 14.2. The van der Waals surface area contributed by atoms with Gasteiger partial charge in [-0.2, -0.15) is 5.26 Å². The Morgan fingerprint density at radius 1 is 1.48 bits per heavy atom. The average molecular weight is 346 g/mol. The first-order chi connectivity index (χ1) is 10.9. The van der Waals surface area contributed by atoms with Crippen LogP contribution in [-0.4, -0.2) is 11.2 Å². The van der Waals surface area contributed by atoms with Crippen LogP contribution in [0.15, 0.2) is 4.90 Å². The summed E-state index contributed by atoms with van der Waals surface area (Å²) in [7, 11) is 0. The molecule has 1 atom stereocenters. The van der Waals surface area contributed by atoms with Gasteiger partial charge < -0.3 is 5.73 Å². The number of thioether (sulfide) groups is 1. The minimum absolute atomic E-state index is 0.348. The summed E-state index contributed by atoms with van der Waals surface area (Å²) in [5, 5.41) is 10.3. The maximum absolute atomic E-state index is 9.27. The van der Waals surface area contributed by atoms with Gasteiger partial charge in [-0.05, 0) is 42.4 Å². The summed E-state index contributed by atoms with van der Waals surface area (Å²) in [4.78, 5) is 7.64. The predicted molar refractivity (Wildman–Crippen MR) is 100 cm³/mol. The highest BCUT2D eigenvalue weighted by atomic mass is 32.2. The molecule has 0 bridgehead atoms. The zero-order valence-corrected chi connectivity index (χ0v) is 15.8. The van der Waals surface area contributed by atoms with Crippen LogP contribution in [0.25, 0.3) is 10.2 Å². The van der Waals surface area contributed by atoms with E-state index in [0.29, 0.717) is 21.9 Å². The van der Waals surface area contributed by atoms with Crippen LogP contribution in [-0.2, 0) is 12.8 Å². The Kier molecular flexibility index (Phi) is 4.33. The van der Waals surface area contributed by atoms with Gasteiger partial charge in [-0.15, -0.1) is 23.1 Å². The van der Waals surface area contributed by atoms with Gasteiger partial charge in [0.15, 0.2) is 0 Å². The molecule has 3 nitrogen and oxygen atoms in total. The quantitative estimate of drug-likeness (QED) is 0.794. The molecule has 3 rings (SSSR count). The molecular formula is C18H23N3S2. The van der Waals surface area contributed by atoms with Crippen molar-refractivity contribution < 1.29 is 0 Å². The number of thiophene rings is 1. The maximum Gasteiger partial charge on any atom is 0.130 e. The van der Waals surface area contributed by atoms with Crippen LogP contribution in [0.4, 0.5) is 5.69 Å². The fourth-order valence-electron chi connectivity index (χ4n) is 3.54. The molecule has 1 aliphatic carbocycles. The highest BCUT2D eigenvalue weighted by Gasteiger charge is 2.33. The molecule has 2 aromatic rings. The molecule has 2 aromatic heterocycles. The third-order valence-electron chi connectivity index (χ3n) is 5.51. The molecule has 0 saturated carbocycles. The second kappa shape index (κ2) is 5.99. The van der Waals surface area contributed by atoms with Gasteiger partial charge in [0.05, 0.1) is 5.69 Å². The number of anilines is 1. The van der Waals surface area contributed by atoms with Crippen molar-refractivity contribution in [2.45, 2.75) is 51.3 Å². The highest BCUT2D eigenvalue weighted by molar-refractivity contribution is 7.99. The number of aromatic nitrogens is 1. The van der Waals surface area contributed by atoms with Gasteiger partial charge in [0, 0.05) is 16.0 Å². The number of nitrogens with two attached hydrogens (primary N) is 1. The van der Waals surface area contributed by atoms with Crippen molar-refractivity contribution in [2.24, 2.45) is 11.3 Å². The summed E-state index contributed by atoms with van der Waals surface area (Å²) < 4.78 is 0. The lowest BCUT2D eigenvalue weighted by Crippen LogP contribution is -2.29. The average Bonchev–Trinajstić information content (AvgIpc) is 2.88. The second-order valence-corrected chi connectivity index (χ2v) is 8.80. The van der Waals surface area contributed by atoms with Crippen LogP contribution < -0.4 is 5.73 Å². The van der Waals surface area contributed by atoms with Gasteiger partial charge in [-0.3, -0.25) is 0 Å². The topological polar surface area (TPSA) is 62.7 Å². The smallest absolute Gasteiger partial charge is 0.130 e. The van der Waals surface area contributed by atoms with E-state index >= 15 is 0 Å². The van der Waals surface area contributed by atoms with Gasteiger partial charge in [-0.1, -0.05) is 27.2 Å². The first-order valence-corrected chi connectivity index (χ1v) is 10.1. The van der Waals surface area contributed by atoms with Crippen molar-refractivity contribution in [3.05, 3.63) is 16.1 Å². The lowest BCUT2D eigenvalue weighted by Gasteiger charge is -2.37. The zero-order chi connectivity index (χ0) is 16.8. The molecule has 0 saturated heterocycles. The van der Waals surface area contributed by atoms with E-state index in [1.54, 1.807) is 11.8 Å². The van der Waals surface area contributed by atoms with E-state index in [2.05, 4.69) is 33.1 Å². The molecule has 1 unspecified atom stereocenters. The Hall–Kier alpha value is -1.25. The number of nitriles is 1. The molecule has 2 N–H and O–H groups in total. The van der Waals surface area contributed by atoms with Gasteiger partial charge in [0.2, 0.25) is 0 Å². The minimum Gasteiger partial charge on any atom is -0.396 e. The lowest BCUT2D eigenvalue weighted by molar-refractivity contribution is 0.181. The van der Waals surface area contributed by atoms with Crippen LogP contribution in [0.2, 0.25) is 0 Å². The molecule has 2 heterocycles. The van der Waals surface area contributed by atoms with Crippen LogP contribution in [0.1, 0.15) is 49.7 Å². The first-order valence-electron chi connectivity index (χ1n) is 8.10. The molecule has 0 fully saturated rings. The van der Waals surface area contributed by atoms with Gasteiger partial charge in [0.1, 0.15) is 15.8 Å². The number of nitrogens with zero attached hydrogens (tertiary/aromatic N) is 2. The van der Waals surface area contributed by atoms with Gasteiger partial charge in [-0.25, -0.2) is 4.98 Å². The second-order valence-electron chi connectivity index (χ2n) is 6.99. The Morgan fingerprint density at radius 2 is 2.22 bits per heavy atom. The van der Waals surface area contributed by atoms with Crippen molar-refractivity contribution in [1.82, 2.24) is 4.98 Å². The van der Waals surface area contributed by atoms with Crippen molar-refractivity contribution in [2.75, 3.05) is 12.0 Å². The molecule has 0 aliphatic heterocycles. The summed E-state index contributed by atoms with van der Waals surface area (Å²) in [6, 6.07) is 2.21. The number of fused-ring (bicyclic) bond motifs is 2. The number of hydrogen-bond donors (Lipinski definition) is 1. The fourth-order valence-corrected chi connectivity index (χ4v) is 5.39. The molecule has 0 amide bonds. The summed E-state index contributed by atoms with van der Waals surface area (Å²) in [5.41, 5.74) is 9.79. The van der Waals surface area contributed by atoms with Gasteiger partial charge in [0.25, 0.3) is 0 Å².